The van der Waals surface area contributed by atoms with Crippen LogP contribution in [0.3, 0.4) is 0 Å². The SMILES string of the molecule is CN(CC(C)(C)O)c1cc2c(cc1Cl)nc(Cc1c(Cl)ccc(CNC(=O)C(C)(C)C)c1F)n2C. The zero-order valence-electron chi connectivity index (χ0n) is 21.3. The van der Waals surface area contributed by atoms with E-state index in [1.807, 2.05) is 29.6 Å². The third-order valence-electron chi connectivity index (χ3n) is 5.80. The van der Waals surface area contributed by atoms with Crippen molar-refractivity contribution < 1.29 is 14.3 Å². The van der Waals surface area contributed by atoms with E-state index in [4.69, 9.17) is 23.2 Å². The van der Waals surface area contributed by atoms with Crippen molar-refractivity contribution in [3.05, 3.63) is 57.1 Å². The van der Waals surface area contributed by atoms with Crippen LogP contribution in [-0.2, 0) is 24.8 Å². The summed E-state index contributed by atoms with van der Waals surface area (Å²) in [6.07, 6.45) is 0.170. The molecule has 0 atom stereocenters. The Balaban J connectivity index is 1.93. The van der Waals surface area contributed by atoms with Gasteiger partial charge in [0.25, 0.3) is 0 Å². The van der Waals surface area contributed by atoms with Gasteiger partial charge in [0.1, 0.15) is 11.6 Å². The number of hydrogen-bond acceptors (Lipinski definition) is 4. The molecule has 9 heteroatoms. The number of rotatable bonds is 7. The second kappa shape index (κ2) is 9.96. The number of nitrogens with one attached hydrogen (secondary N) is 1. The fraction of sp³-hybridized carbons (Fsp3) is 0.462. The topological polar surface area (TPSA) is 70.4 Å². The molecule has 1 aromatic heterocycles. The van der Waals surface area contributed by atoms with E-state index in [1.54, 1.807) is 52.8 Å². The van der Waals surface area contributed by atoms with Crippen molar-refractivity contribution in [3.63, 3.8) is 0 Å². The van der Waals surface area contributed by atoms with Crippen molar-refractivity contribution in [2.24, 2.45) is 12.5 Å². The molecule has 35 heavy (non-hydrogen) atoms. The zero-order chi connectivity index (χ0) is 26.3. The molecule has 0 radical (unpaired) electrons. The van der Waals surface area contributed by atoms with Gasteiger partial charge >= 0.3 is 0 Å². The molecule has 0 spiro atoms. The number of aromatic nitrogens is 2. The van der Waals surface area contributed by atoms with Crippen LogP contribution in [0.25, 0.3) is 11.0 Å². The predicted molar refractivity (Wildman–Crippen MR) is 141 cm³/mol. The van der Waals surface area contributed by atoms with Crippen LogP contribution in [0.2, 0.25) is 10.0 Å². The van der Waals surface area contributed by atoms with Gasteiger partial charge in [-0.2, -0.15) is 0 Å². The van der Waals surface area contributed by atoms with Gasteiger partial charge in [0.05, 0.1) is 27.3 Å². The van der Waals surface area contributed by atoms with E-state index in [0.717, 1.165) is 11.2 Å². The molecule has 0 aliphatic rings. The highest BCUT2D eigenvalue weighted by atomic mass is 35.5. The Kier molecular flexibility index (Phi) is 7.75. The molecule has 0 fully saturated rings. The number of aryl methyl sites for hydroxylation is 1. The number of likely N-dealkylation sites (N-methyl/N-ethyl adjacent to an activating group) is 1. The Morgan fingerprint density at radius 1 is 1.17 bits per heavy atom. The van der Waals surface area contributed by atoms with Gasteiger partial charge < -0.3 is 19.9 Å². The lowest BCUT2D eigenvalue weighted by Gasteiger charge is -2.28. The molecule has 0 aliphatic carbocycles. The average molecular weight is 523 g/mol. The zero-order valence-corrected chi connectivity index (χ0v) is 22.8. The second-order valence-corrected chi connectivity index (χ2v) is 11.5. The number of aliphatic hydroxyl groups is 1. The first-order chi connectivity index (χ1) is 16.1. The first kappa shape index (κ1) is 27.2. The summed E-state index contributed by atoms with van der Waals surface area (Å²) in [4.78, 5) is 18.8. The normalized spacial score (nSPS) is 12.3. The largest absolute Gasteiger partial charge is 0.389 e. The summed E-state index contributed by atoms with van der Waals surface area (Å²) in [7, 11) is 3.72. The van der Waals surface area contributed by atoms with E-state index < -0.39 is 16.8 Å². The van der Waals surface area contributed by atoms with E-state index >= 15 is 4.39 Å². The molecule has 6 nitrogen and oxygen atoms in total. The number of nitrogens with zero attached hydrogens (tertiary/aromatic N) is 3. The number of imidazole rings is 1. The standard InChI is InChI=1S/C26H33Cl2FN4O2/c1-25(2,3)24(34)30-13-15-8-9-17(27)16(23(15)29)10-22-31-19-11-18(28)20(12-21(19)33(22)7)32(6)14-26(4,5)35/h8-9,11-12,35H,10,13-14H2,1-7H3,(H,30,34). The maximum absolute atomic E-state index is 15.4. The van der Waals surface area contributed by atoms with Gasteiger partial charge in [-0.25, -0.2) is 9.37 Å². The highest BCUT2D eigenvalue weighted by molar-refractivity contribution is 6.34. The van der Waals surface area contributed by atoms with Crippen LogP contribution in [0.15, 0.2) is 24.3 Å². The molecule has 1 amide bonds. The summed E-state index contributed by atoms with van der Waals surface area (Å²) in [6.45, 7) is 9.34. The summed E-state index contributed by atoms with van der Waals surface area (Å²) < 4.78 is 17.3. The summed E-state index contributed by atoms with van der Waals surface area (Å²) >= 11 is 12.9. The fourth-order valence-corrected chi connectivity index (χ4v) is 4.43. The second-order valence-electron chi connectivity index (χ2n) is 10.7. The number of anilines is 1. The maximum atomic E-state index is 15.4. The first-order valence-corrected chi connectivity index (χ1v) is 12.2. The molecular formula is C26H33Cl2FN4O2. The van der Waals surface area contributed by atoms with Crippen molar-refractivity contribution in [1.29, 1.82) is 0 Å². The average Bonchev–Trinajstić information content (AvgIpc) is 3.01. The van der Waals surface area contributed by atoms with Gasteiger partial charge in [0, 0.05) is 55.2 Å². The Morgan fingerprint density at radius 2 is 1.83 bits per heavy atom. The van der Waals surface area contributed by atoms with Crippen molar-refractivity contribution in [1.82, 2.24) is 14.9 Å². The van der Waals surface area contributed by atoms with Gasteiger partial charge in [-0.15, -0.1) is 0 Å². The first-order valence-electron chi connectivity index (χ1n) is 11.4. The number of fused-ring (bicyclic) bond motifs is 1. The Hall–Kier alpha value is -2.35. The monoisotopic (exact) mass is 522 g/mol. The summed E-state index contributed by atoms with van der Waals surface area (Å²) in [5.74, 6) is 0.00317. The van der Waals surface area contributed by atoms with Crippen LogP contribution in [0.5, 0.6) is 0 Å². The molecule has 0 saturated heterocycles. The molecule has 0 unspecified atom stereocenters. The lowest BCUT2D eigenvalue weighted by Crippen LogP contribution is -2.36. The Morgan fingerprint density at radius 3 is 2.43 bits per heavy atom. The van der Waals surface area contributed by atoms with Gasteiger partial charge in [-0.05, 0) is 32.0 Å². The number of carbonyl (C=O) groups excluding carboxylic acids is 1. The van der Waals surface area contributed by atoms with Gasteiger partial charge in [-0.1, -0.05) is 50.0 Å². The van der Waals surface area contributed by atoms with Crippen LogP contribution in [-0.4, -0.2) is 39.8 Å². The maximum Gasteiger partial charge on any atom is 0.225 e. The van der Waals surface area contributed by atoms with E-state index in [0.29, 0.717) is 39.1 Å². The van der Waals surface area contributed by atoms with E-state index in [2.05, 4.69) is 10.3 Å². The lowest BCUT2D eigenvalue weighted by atomic mass is 9.95. The molecule has 1 heterocycles. The van der Waals surface area contributed by atoms with E-state index in [1.165, 1.54) is 0 Å². The Labute approximate surface area is 216 Å². The van der Waals surface area contributed by atoms with Crippen molar-refractivity contribution in [2.75, 3.05) is 18.5 Å². The minimum atomic E-state index is -0.893. The van der Waals surface area contributed by atoms with Crippen molar-refractivity contribution in [3.8, 4) is 0 Å². The summed E-state index contributed by atoms with van der Waals surface area (Å²) in [5, 5.41) is 13.8. The van der Waals surface area contributed by atoms with Crippen LogP contribution in [0.1, 0.15) is 51.6 Å². The fourth-order valence-electron chi connectivity index (χ4n) is 3.91. The van der Waals surface area contributed by atoms with Gasteiger partial charge in [0.15, 0.2) is 0 Å². The smallest absolute Gasteiger partial charge is 0.225 e. The lowest BCUT2D eigenvalue weighted by molar-refractivity contribution is -0.128. The molecule has 0 saturated carbocycles. The summed E-state index contributed by atoms with van der Waals surface area (Å²) in [5.41, 5.74) is 1.48. The minimum absolute atomic E-state index is 0.0706. The minimum Gasteiger partial charge on any atom is -0.389 e. The molecular weight excluding hydrogens is 490 g/mol. The summed E-state index contributed by atoms with van der Waals surface area (Å²) in [6, 6.07) is 6.91. The number of benzene rings is 2. The van der Waals surface area contributed by atoms with Crippen molar-refractivity contribution >= 4 is 45.8 Å². The molecule has 190 valence electrons. The molecule has 2 aromatic carbocycles. The van der Waals surface area contributed by atoms with Crippen LogP contribution >= 0.6 is 23.2 Å². The van der Waals surface area contributed by atoms with E-state index in [9.17, 15) is 9.90 Å². The molecule has 0 bridgehead atoms. The van der Waals surface area contributed by atoms with Crippen molar-refractivity contribution in [2.45, 2.75) is 53.2 Å². The van der Waals surface area contributed by atoms with Gasteiger partial charge in [0.2, 0.25) is 5.91 Å². The molecule has 2 N–H and O–H groups in total. The highest BCUT2D eigenvalue weighted by Gasteiger charge is 2.23. The van der Waals surface area contributed by atoms with Crippen LogP contribution in [0, 0.1) is 11.2 Å². The molecule has 0 aliphatic heterocycles. The molecule has 3 rings (SSSR count). The van der Waals surface area contributed by atoms with Crippen LogP contribution < -0.4 is 10.2 Å². The van der Waals surface area contributed by atoms with Gasteiger partial charge in [-0.3, -0.25) is 4.79 Å². The number of amides is 1. The third-order valence-corrected chi connectivity index (χ3v) is 6.46. The third kappa shape index (κ3) is 6.26. The quantitative estimate of drug-likeness (QED) is 0.431. The number of halogens is 3. The van der Waals surface area contributed by atoms with Crippen LogP contribution in [0.4, 0.5) is 10.1 Å². The number of hydrogen-bond donors (Lipinski definition) is 2. The Bertz CT molecular complexity index is 1260. The predicted octanol–water partition coefficient (Wildman–Crippen LogP) is 5.48. The highest BCUT2D eigenvalue weighted by Crippen LogP contribution is 2.33. The molecule has 3 aromatic rings. The number of carbonyl (C=O) groups is 1. The van der Waals surface area contributed by atoms with E-state index in [-0.39, 0.29) is 18.9 Å².